The summed E-state index contributed by atoms with van der Waals surface area (Å²) in [7, 11) is -3.20. The molecule has 2 aliphatic rings. The van der Waals surface area contributed by atoms with E-state index in [1.165, 1.54) is 17.6 Å². The zero-order valence-electron chi connectivity index (χ0n) is 9.50. The van der Waals surface area contributed by atoms with Crippen molar-refractivity contribution in [2.75, 3.05) is 12.0 Å². The van der Waals surface area contributed by atoms with E-state index in [4.69, 9.17) is 5.73 Å². The van der Waals surface area contributed by atoms with E-state index >= 15 is 0 Å². The molecule has 0 radical (unpaired) electrons. The Hall–Kier alpha value is -1.11. The summed E-state index contributed by atoms with van der Waals surface area (Å²) in [6.07, 6.45) is 7.34. The summed E-state index contributed by atoms with van der Waals surface area (Å²) in [6, 6.07) is 0. The number of thiazole rings is 1. The van der Waals surface area contributed by atoms with Crippen LogP contribution in [0.4, 0.5) is 5.13 Å². The SMILES string of the molecule is CS(=O)(=O)C1=C2C=c3sc(N)nc3=C2CC=C1.Cl. The fraction of sp³-hybridized carbons (Fsp3) is 0.182. The minimum atomic E-state index is -3.20. The Labute approximate surface area is 115 Å². The van der Waals surface area contributed by atoms with Crippen LogP contribution in [0.1, 0.15) is 6.42 Å². The molecule has 0 aromatic carbocycles. The van der Waals surface area contributed by atoms with Gasteiger partial charge in [-0.1, -0.05) is 17.4 Å². The van der Waals surface area contributed by atoms with Gasteiger partial charge in [0.05, 0.1) is 14.8 Å². The Morgan fingerprint density at radius 3 is 2.83 bits per heavy atom. The molecule has 7 heteroatoms. The number of nitrogens with two attached hydrogens (primary N) is 1. The summed E-state index contributed by atoms with van der Waals surface area (Å²) >= 11 is 1.39. The predicted octanol–water partition coefficient (Wildman–Crippen LogP) is 0.351. The van der Waals surface area contributed by atoms with Gasteiger partial charge in [-0.05, 0) is 24.1 Å². The molecule has 96 valence electrons. The second-order valence-corrected chi connectivity index (χ2v) is 7.09. The molecular weight excluding hydrogens is 292 g/mol. The van der Waals surface area contributed by atoms with E-state index in [2.05, 4.69) is 4.98 Å². The predicted molar refractivity (Wildman–Crippen MR) is 76.5 cm³/mol. The molecule has 2 aliphatic carbocycles. The molecule has 0 atom stereocenters. The summed E-state index contributed by atoms with van der Waals surface area (Å²) in [5, 5.41) is 1.36. The summed E-state index contributed by atoms with van der Waals surface area (Å²) in [4.78, 5) is 4.63. The van der Waals surface area contributed by atoms with E-state index in [9.17, 15) is 8.42 Å². The van der Waals surface area contributed by atoms with Crippen LogP contribution in [0.15, 0.2) is 22.6 Å². The van der Waals surface area contributed by atoms with Crippen molar-refractivity contribution in [3.8, 4) is 0 Å². The van der Waals surface area contributed by atoms with Gasteiger partial charge in [0.2, 0.25) is 0 Å². The monoisotopic (exact) mass is 302 g/mol. The Bertz CT molecular complexity index is 801. The Morgan fingerprint density at radius 1 is 1.44 bits per heavy atom. The van der Waals surface area contributed by atoms with E-state index < -0.39 is 9.84 Å². The van der Waals surface area contributed by atoms with Crippen LogP contribution in [-0.4, -0.2) is 19.7 Å². The molecule has 0 saturated heterocycles. The Kier molecular flexibility index (Phi) is 3.12. The lowest BCUT2D eigenvalue weighted by molar-refractivity contribution is 0.608. The van der Waals surface area contributed by atoms with E-state index in [0.29, 0.717) is 16.5 Å². The first-order chi connectivity index (χ1) is 7.97. The number of sulfone groups is 1. The first-order valence-corrected chi connectivity index (χ1v) is 7.76. The number of hydrogen-bond donors (Lipinski definition) is 1. The fourth-order valence-electron chi connectivity index (χ4n) is 2.13. The summed E-state index contributed by atoms with van der Waals surface area (Å²) in [6.45, 7) is 0. The van der Waals surface area contributed by atoms with Gasteiger partial charge in [0.1, 0.15) is 0 Å². The highest BCUT2D eigenvalue weighted by Crippen LogP contribution is 2.30. The zero-order chi connectivity index (χ0) is 12.2. The third-order valence-corrected chi connectivity index (χ3v) is 4.80. The molecule has 2 N–H and O–H groups in total. The fourth-order valence-corrected chi connectivity index (χ4v) is 3.86. The lowest BCUT2D eigenvalue weighted by Crippen LogP contribution is -2.19. The molecule has 1 aromatic rings. The van der Waals surface area contributed by atoms with Gasteiger partial charge in [0.25, 0.3) is 0 Å². The average Bonchev–Trinajstić information content (AvgIpc) is 2.71. The van der Waals surface area contributed by atoms with Crippen molar-refractivity contribution < 1.29 is 8.42 Å². The number of nitrogens with zero attached hydrogens (tertiary/aromatic N) is 1. The highest BCUT2D eigenvalue weighted by molar-refractivity contribution is 7.94. The molecule has 0 spiro atoms. The number of halogens is 1. The second-order valence-electron chi connectivity index (χ2n) is 4.04. The number of hydrogen-bond acceptors (Lipinski definition) is 5. The number of anilines is 1. The lowest BCUT2D eigenvalue weighted by atomic mass is 10.0. The van der Waals surface area contributed by atoms with Crippen molar-refractivity contribution in [1.29, 1.82) is 0 Å². The van der Waals surface area contributed by atoms with Crippen molar-refractivity contribution in [1.82, 2.24) is 4.98 Å². The van der Waals surface area contributed by atoms with Gasteiger partial charge >= 0.3 is 0 Å². The lowest BCUT2D eigenvalue weighted by Gasteiger charge is -2.12. The minimum absolute atomic E-state index is 0. The summed E-state index contributed by atoms with van der Waals surface area (Å²) < 4.78 is 24.3. The molecular formula is C11H11ClN2O2S2. The van der Waals surface area contributed by atoms with Gasteiger partial charge in [-0.25, -0.2) is 13.4 Å². The standard InChI is InChI=1S/C11H10N2O2S2.ClH/c1-17(14,15)9-4-2-3-6-7(9)5-8-10(6)13-11(12)16-8;/h2,4-5H,3H2,1H3,(H2,12,13);1H. The van der Waals surface area contributed by atoms with Gasteiger partial charge in [-0.15, -0.1) is 12.4 Å². The summed E-state index contributed by atoms with van der Waals surface area (Å²) in [5.41, 5.74) is 7.40. The number of nitrogen functional groups attached to an aromatic ring is 1. The smallest absolute Gasteiger partial charge is 0.181 e. The third kappa shape index (κ3) is 1.90. The van der Waals surface area contributed by atoms with Crippen LogP contribution in [0, 0.1) is 0 Å². The van der Waals surface area contributed by atoms with E-state index in [-0.39, 0.29) is 12.4 Å². The highest BCUT2D eigenvalue weighted by Gasteiger charge is 2.24. The van der Waals surface area contributed by atoms with E-state index in [0.717, 1.165) is 21.0 Å². The second kappa shape index (κ2) is 4.22. The van der Waals surface area contributed by atoms with Gasteiger partial charge in [0.15, 0.2) is 15.0 Å². The van der Waals surface area contributed by atoms with Crippen molar-refractivity contribution in [2.24, 2.45) is 0 Å². The minimum Gasteiger partial charge on any atom is -0.375 e. The maximum absolute atomic E-state index is 11.7. The Balaban J connectivity index is 0.00000120. The third-order valence-electron chi connectivity index (χ3n) is 2.81. The normalized spacial score (nSPS) is 17.1. The van der Waals surface area contributed by atoms with Crippen molar-refractivity contribution in [3.63, 3.8) is 0 Å². The van der Waals surface area contributed by atoms with Crippen LogP contribution in [0.25, 0.3) is 11.6 Å². The van der Waals surface area contributed by atoms with Crippen LogP contribution < -0.4 is 15.6 Å². The van der Waals surface area contributed by atoms with Crippen LogP contribution in [0.5, 0.6) is 0 Å². The first-order valence-electron chi connectivity index (χ1n) is 5.05. The highest BCUT2D eigenvalue weighted by atomic mass is 35.5. The molecule has 1 aromatic heterocycles. The van der Waals surface area contributed by atoms with Crippen LogP contribution in [-0.2, 0) is 9.84 Å². The molecule has 3 rings (SSSR count). The Morgan fingerprint density at radius 2 is 2.17 bits per heavy atom. The van der Waals surface area contributed by atoms with Crippen LogP contribution >= 0.6 is 23.7 Å². The van der Waals surface area contributed by atoms with Crippen LogP contribution in [0.3, 0.4) is 0 Å². The molecule has 18 heavy (non-hydrogen) atoms. The quantitative estimate of drug-likeness (QED) is 0.812. The van der Waals surface area contributed by atoms with E-state index in [1.54, 1.807) is 6.08 Å². The number of aromatic nitrogens is 1. The average molecular weight is 303 g/mol. The van der Waals surface area contributed by atoms with Crippen LogP contribution in [0.2, 0.25) is 0 Å². The maximum atomic E-state index is 11.7. The molecule has 0 aliphatic heterocycles. The first kappa shape index (κ1) is 13.3. The number of rotatable bonds is 1. The molecule has 0 amide bonds. The molecule has 1 heterocycles. The van der Waals surface area contributed by atoms with Gasteiger partial charge in [-0.2, -0.15) is 0 Å². The number of allylic oxidation sites excluding steroid dienone is 3. The zero-order valence-corrected chi connectivity index (χ0v) is 12.0. The van der Waals surface area contributed by atoms with E-state index in [1.807, 2.05) is 12.2 Å². The molecule has 0 unspecified atom stereocenters. The molecule has 0 bridgehead atoms. The van der Waals surface area contributed by atoms with Crippen molar-refractivity contribution >= 4 is 50.4 Å². The molecule has 4 nitrogen and oxygen atoms in total. The number of fused-ring (bicyclic) bond motifs is 2. The van der Waals surface area contributed by atoms with Crippen molar-refractivity contribution in [2.45, 2.75) is 6.42 Å². The van der Waals surface area contributed by atoms with Gasteiger partial charge in [-0.3, -0.25) is 0 Å². The molecule has 0 fully saturated rings. The van der Waals surface area contributed by atoms with Gasteiger partial charge in [0, 0.05) is 11.8 Å². The molecule has 0 saturated carbocycles. The van der Waals surface area contributed by atoms with Crippen molar-refractivity contribution in [3.05, 3.63) is 32.5 Å². The summed E-state index contributed by atoms with van der Waals surface area (Å²) in [5.74, 6) is 0. The largest absolute Gasteiger partial charge is 0.375 e. The van der Waals surface area contributed by atoms with Gasteiger partial charge < -0.3 is 5.73 Å². The maximum Gasteiger partial charge on any atom is 0.181 e. The topological polar surface area (TPSA) is 73.0 Å².